The third-order valence-electron chi connectivity index (χ3n) is 3.22. The van der Waals surface area contributed by atoms with Gasteiger partial charge in [0, 0.05) is 20.1 Å². The van der Waals surface area contributed by atoms with Crippen LogP contribution < -0.4 is 5.73 Å². The number of esters is 1. The highest BCUT2D eigenvalue weighted by atomic mass is 16.5. The van der Waals surface area contributed by atoms with Crippen molar-refractivity contribution in [3.63, 3.8) is 0 Å². The van der Waals surface area contributed by atoms with Crippen LogP contribution in [0.5, 0.6) is 0 Å². The summed E-state index contributed by atoms with van der Waals surface area (Å²) >= 11 is 0. The highest BCUT2D eigenvalue weighted by Crippen LogP contribution is 2.17. The number of rotatable bonds is 7. The van der Waals surface area contributed by atoms with Gasteiger partial charge < -0.3 is 15.2 Å². The van der Waals surface area contributed by atoms with Crippen LogP contribution in [0.4, 0.5) is 0 Å². The van der Waals surface area contributed by atoms with Gasteiger partial charge in [-0.3, -0.25) is 4.79 Å². The third kappa shape index (κ3) is 5.01. The average molecular weight is 265 g/mol. The van der Waals surface area contributed by atoms with Crippen LogP contribution in [0.15, 0.2) is 30.3 Å². The van der Waals surface area contributed by atoms with Crippen LogP contribution in [0.2, 0.25) is 0 Å². The normalized spacial score (nSPS) is 13.1. The van der Waals surface area contributed by atoms with Crippen molar-refractivity contribution in [2.24, 2.45) is 5.73 Å². The Labute approximate surface area is 114 Å². The second kappa shape index (κ2) is 7.26. The van der Waals surface area contributed by atoms with E-state index in [2.05, 4.69) is 0 Å². The fourth-order valence-electron chi connectivity index (χ4n) is 1.65. The number of carbonyl (C=O) groups excluding carboxylic acids is 1. The van der Waals surface area contributed by atoms with Crippen molar-refractivity contribution in [2.45, 2.75) is 31.8 Å². The molecule has 1 unspecified atom stereocenters. The van der Waals surface area contributed by atoms with E-state index >= 15 is 0 Å². The minimum atomic E-state index is -0.396. The first-order valence-electron chi connectivity index (χ1n) is 6.47. The molecule has 19 heavy (non-hydrogen) atoms. The van der Waals surface area contributed by atoms with Crippen molar-refractivity contribution in [1.29, 1.82) is 0 Å². The SMILES string of the molecule is COC(C)(C)CCOC(=O)C(CN)c1ccccc1. The zero-order valence-corrected chi connectivity index (χ0v) is 11.9. The fraction of sp³-hybridized carbons (Fsp3) is 0.533. The molecule has 0 fully saturated rings. The molecule has 0 spiro atoms. The number of benzene rings is 1. The first-order valence-corrected chi connectivity index (χ1v) is 6.47. The van der Waals surface area contributed by atoms with Gasteiger partial charge in [0.2, 0.25) is 0 Å². The molecule has 0 saturated heterocycles. The Morgan fingerprint density at radius 3 is 2.47 bits per heavy atom. The lowest BCUT2D eigenvalue weighted by Gasteiger charge is -2.23. The van der Waals surface area contributed by atoms with Crippen molar-refractivity contribution in [2.75, 3.05) is 20.3 Å². The molecule has 4 nitrogen and oxygen atoms in total. The highest BCUT2D eigenvalue weighted by Gasteiger charge is 2.22. The predicted octanol–water partition coefficient (Wildman–Crippen LogP) is 2.09. The Morgan fingerprint density at radius 2 is 1.95 bits per heavy atom. The van der Waals surface area contributed by atoms with Crippen LogP contribution in [0, 0.1) is 0 Å². The summed E-state index contributed by atoms with van der Waals surface area (Å²) in [6.07, 6.45) is 0.654. The van der Waals surface area contributed by atoms with Gasteiger partial charge >= 0.3 is 5.97 Å². The molecule has 2 N–H and O–H groups in total. The molecular weight excluding hydrogens is 242 g/mol. The van der Waals surface area contributed by atoms with Crippen molar-refractivity contribution in [3.05, 3.63) is 35.9 Å². The molecule has 0 aliphatic heterocycles. The quantitative estimate of drug-likeness (QED) is 0.767. The summed E-state index contributed by atoms with van der Waals surface area (Å²) in [7, 11) is 1.65. The molecule has 0 aliphatic rings. The Morgan fingerprint density at radius 1 is 1.32 bits per heavy atom. The Hall–Kier alpha value is -1.39. The predicted molar refractivity (Wildman–Crippen MR) is 74.9 cm³/mol. The second-order valence-corrected chi connectivity index (χ2v) is 5.08. The lowest BCUT2D eigenvalue weighted by molar-refractivity contribution is -0.146. The molecule has 0 heterocycles. The van der Waals surface area contributed by atoms with Crippen molar-refractivity contribution >= 4 is 5.97 Å². The summed E-state index contributed by atoms with van der Waals surface area (Å²) in [6.45, 7) is 4.50. The number of hydrogen-bond donors (Lipinski definition) is 1. The summed E-state index contributed by atoms with van der Waals surface area (Å²) in [5.41, 5.74) is 6.27. The van der Waals surface area contributed by atoms with Gasteiger partial charge in [0.15, 0.2) is 0 Å². The minimum Gasteiger partial charge on any atom is -0.465 e. The molecule has 1 aromatic rings. The molecule has 4 heteroatoms. The molecule has 1 rings (SSSR count). The van der Waals surface area contributed by atoms with Crippen LogP contribution in [-0.2, 0) is 14.3 Å². The first kappa shape index (κ1) is 15.7. The van der Waals surface area contributed by atoms with E-state index < -0.39 is 5.92 Å². The molecule has 106 valence electrons. The van der Waals surface area contributed by atoms with Crippen LogP contribution in [0.25, 0.3) is 0 Å². The van der Waals surface area contributed by atoms with Gasteiger partial charge in [0.25, 0.3) is 0 Å². The molecule has 0 aromatic heterocycles. The summed E-state index contributed by atoms with van der Waals surface area (Å²) in [5.74, 6) is -0.674. The maximum absolute atomic E-state index is 12.0. The molecule has 0 bridgehead atoms. The number of methoxy groups -OCH3 is 1. The van der Waals surface area contributed by atoms with E-state index in [0.29, 0.717) is 13.0 Å². The average Bonchev–Trinajstić information content (AvgIpc) is 2.40. The van der Waals surface area contributed by atoms with E-state index in [1.54, 1.807) is 7.11 Å². The topological polar surface area (TPSA) is 61.5 Å². The van der Waals surface area contributed by atoms with Gasteiger partial charge in [-0.15, -0.1) is 0 Å². The van der Waals surface area contributed by atoms with Crippen molar-refractivity contribution < 1.29 is 14.3 Å². The van der Waals surface area contributed by atoms with Crippen LogP contribution in [0.1, 0.15) is 31.7 Å². The molecule has 0 radical (unpaired) electrons. The van der Waals surface area contributed by atoms with Gasteiger partial charge in [-0.25, -0.2) is 0 Å². The number of hydrogen-bond acceptors (Lipinski definition) is 4. The van der Waals surface area contributed by atoms with E-state index in [-0.39, 0.29) is 18.1 Å². The summed E-state index contributed by atoms with van der Waals surface area (Å²) in [6, 6.07) is 9.46. The molecule has 0 aliphatic carbocycles. The van der Waals surface area contributed by atoms with Gasteiger partial charge in [0.1, 0.15) is 0 Å². The highest BCUT2D eigenvalue weighted by molar-refractivity contribution is 5.78. The maximum atomic E-state index is 12.0. The summed E-state index contributed by atoms with van der Waals surface area (Å²) < 4.78 is 10.6. The van der Waals surface area contributed by atoms with Gasteiger partial charge in [-0.1, -0.05) is 30.3 Å². The monoisotopic (exact) mass is 265 g/mol. The van der Waals surface area contributed by atoms with Crippen LogP contribution in [0.3, 0.4) is 0 Å². The van der Waals surface area contributed by atoms with E-state index in [4.69, 9.17) is 15.2 Å². The first-order chi connectivity index (χ1) is 9.00. The van der Waals surface area contributed by atoms with Crippen molar-refractivity contribution in [3.8, 4) is 0 Å². The van der Waals surface area contributed by atoms with E-state index in [9.17, 15) is 4.79 Å². The summed E-state index contributed by atoms with van der Waals surface area (Å²) in [5, 5.41) is 0. The molecular formula is C15H23NO3. The maximum Gasteiger partial charge on any atom is 0.314 e. The van der Waals surface area contributed by atoms with E-state index in [1.165, 1.54) is 0 Å². The van der Waals surface area contributed by atoms with Crippen LogP contribution >= 0.6 is 0 Å². The smallest absolute Gasteiger partial charge is 0.314 e. The van der Waals surface area contributed by atoms with E-state index in [1.807, 2.05) is 44.2 Å². The van der Waals surface area contributed by atoms with Gasteiger partial charge in [-0.05, 0) is 19.4 Å². The van der Waals surface area contributed by atoms with Crippen molar-refractivity contribution in [1.82, 2.24) is 0 Å². The largest absolute Gasteiger partial charge is 0.465 e. The fourth-order valence-corrected chi connectivity index (χ4v) is 1.65. The Kier molecular flexibility index (Phi) is 5.99. The second-order valence-electron chi connectivity index (χ2n) is 5.08. The Balaban J connectivity index is 2.52. The standard InChI is InChI=1S/C15H23NO3/c1-15(2,18-3)9-10-19-14(17)13(11-16)12-7-5-4-6-8-12/h4-8,13H,9-11,16H2,1-3H3. The molecule has 1 atom stereocenters. The van der Waals surface area contributed by atoms with Gasteiger partial charge in [-0.2, -0.15) is 0 Å². The number of carbonyl (C=O) groups is 1. The Bertz CT molecular complexity index is 390. The molecule has 1 aromatic carbocycles. The lowest BCUT2D eigenvalue weighted by Crippen LogP contribution is -2.28. The zero-order chi connectivity index (χ0) is 14.3. The lowest BCUT2D eigenvalue weighted by atomic mass is 9.99. The molecule has 0 amide bonds. The number of ether oxygens (including phenoxy) is 2. The zero-order valence-electron chi connectivity index (χ0n) is 11.9. The summed E-state index contributed by atoms with van der Waals surface area (Å²) in [4.78, 5) is 12.0. The molecule has 0 saturated carbocycles. The van der Waals surface area contributed by atoms with Crippen LogP contribution in [-0.4, -0.2) is 31.8 Å². The minimum absolute atomic E-state index is 0.247. The third-order valence-corrected chi connectivity index (χ3v) is 3.22. The van der Waals surface area contributed by atoms with Gasteiger partial charge in [0.05, 0.1) is 18.1 Å². The van der Waals surface area contributed by atoms with E-state index in [0.717, 1.165) is 5.56 Å². The number of nitrogens with two attached hydrogens (primary N) is 1.